The third-order valence-electron chi connectivity index (χ3n) is 4.53. The molecule has 0 spiro atoms. The Morgan fingerprint density at radius 2 is 1.68 bits per heavy atom. The summed E-state index contributed by atoms with van der Waals surface area (Å²) in [4.78, 5) is 0. The summed E-state index contributed by atoms with van der Waals surface area (Å²) in [5.41, 5.74) is 4.51. The first-order valence-corrected chi connectivity index (χ1v) is 8.50. The Morgan fingerprint density at radius 1 is 1.05 bits per heavy atom. The Hall–Kier alpha value is -1.34. The number of epoxide rings is 1. The van der Waals surface area contributed by atoms with Gasteiger partial charge in [-0.3, -0.25) is 0 Å². The summed E-state index contributed by atoms with van der Waals surface area (Å²) in [6.45, 7) is 8.85. The van der Waals surface area contributed by atoms with Crippen LogP contribution >= 0.6 is 0 Å². The molecule has 2 rings (SSSR count). The minimum Gasteiger partial charge on any atom is -0.367 e. The maximum absolute atomic E-state index is 5.64. The molecule has 1 heterocycles. The zero-order valence-corrected chi connectivity index (χ0v) is 14.6. The van der Waals surface area contributed by atoms with Gasteiger partial charge in [-0.25, -0.2) is 0 Å². The van der Waals surface area contributed by atoms with Crippen LogP contribution < -0.4 is 0 Å². The van der Waals surface area contributed by atoms with Gasteiger partial charge in [-0.15, -0.1) is 0 Å². The summed E-state index contributed by atoms with van der Waals surface area (Å²) in [6, 6.07) is 10.7. The molecular weight excluding hydrogens is 268 g/mol. The largest absolute Gasteiger partial charge is 0.367 e. The van der Waals surface area contributed by atoms with Crippen LogP contribution in [0.1, 0.15) is 58.9 Å². The number of hydrogen-bond donors (Lipinski definition) is 0. The lowest BCUT2D eigenvalue weighted by atomic mass is 10.0. The van der Waals surface area contributed by atoms with Gasteiger partial charge in [-0.1, -0.05) is 53.6 Å². The van der Waals surface area contributed by atoms with E-state index in [9.17, 15) is 0 Å². The Labute approximate surface area is 136 Å². The predicted octanol–water partition coefficient (Wildman–Crippen LogP) is 5.86. The second-order valence-corrected chi connectivity index (χ2v) is 7.08. The molecule has 0 radical (unpaired) electrons. The van der Waals surface area contributed by atoms with E-state index < -0.39 is 0 Å². The van der Waals surface area contributed by atoms with Crippen LogP contribution in [0.4, 0.5) is 0 Å². The van der Waals surface area contributed by atoms with Gasteiger partial charge in [0, 0.05) is 0 Å². The molecule has 0 bridgehead atoms. The smallest absolute Gasteiger partial charge is 0.0892 e. The van der Waals surface area contributed by atoms with E-state index in [1.54, 1.807) is 0 Å². The fourth-order valence-electron chi connectivity index (χ4n) is 2.75. The number of rotatable bonds is 8. The van der Waals surface area contributed by atoms with E-state index in [1.807, 2.05) is 0 Å². The van der Waals surface area contributed by atoms with Crippen LogP contribution in [-0.4, -0.2) is 11.7 Å². The number of hydrogen-bond acceptors (Lipinski definition) is 1. The third-order valence-corrected chi connectivity index (χ3v) is 4.53. The molecule has 120 valence electrons. The SMILES string of the molecule is C/C(=C\Cc1ccccc1)CC/C=C(\C)CCC1OC1(C)C. The van der Waals surface area contributed by atoms with Gasteiger partial charge in [-0.05, 0) is 65.4 Å². The molecule has 1 aliphatic heterocycles. The van der Waals surface area contributed by atoms with Gasteiger partial charge in [0.25, 0.3) is 0 Å². The molecule has 1 aromatic rings. The molecule has 1 saturated heterocycles. The van der Waals surface area contributed by atoms with E-state index in [1.165, 1.54) is 23.1 Å². The summed E-state index contributed by atoms with van der Waals surface area (Å²) >= 11 is 0. The first-order chi connectivity index (χ1) is 10.5. The molecule has 1 aliphatic rings. The zero-order valence-electron chi connectivity index (χ0n) is 14.6. The normalized spacial score (nSPS) is 21.0. The summed E-state index contributed by atoms with van der Waals surface area (Å²) in [6.07, 6.45) is 10.9. The lowest BCUT2D eigenvalue weighted by Crippen LogP contribution is -2.02. The van der Waals surface area contributed by atoms with Gasteiger partial charge in [0.1, 0.15) is 0 Å². The van der Waals surface area contributed by atoms with Crippen LogP contribution in [0.15, 0.2) is 53.6 Å². The molecule has 1 unspecified atom stereocenters. The van der Waals surface area contributed by atoms with Gasteiger partial charge in [0.2, 0.25) is 0 Å². The number of ether oxygens (including phenoxy) is 1. The van der Waals surface area contributed by atoms with Crippen molar-refractivity contribution < 1.29 is 4.74 Å². The quantitative estimate of drug-likeness (QED) is 0.432. The maximum atomic E-state index is 5.64. The van der Waals surface area contributed by atoms with Gasteiger partial charge < -0.3 is 4.74 Å². The van der Waals surface area contributed by atoms with E-state index in [0.717, 1.165) is 25.7 Å². The van der Waals surface area contributed by atoms with E-state index in [-0.39, 0.29) is 5.60 Å². The minimum absolute atomic E-state index is 0.136. The van der Waals surface area contributed by atoms with Crippen LogP contribution in [0.5, 0.6) is 0 Å². The monoisotopic (exact) mass is 298 g/mol. The minimum atomic E-state index is 0.136. The molecule has 1 heteroatoms. The van der Waals surface area contributed by atoms with Crippen molar-refractivity contribution in [3.8, 4) is 0 Å². The van der Waals surface area contributed by atoms with Crippen molar-refractivity contribution >= 4 is 0 Å². The molecular formula is C21H30O. The Bertz CT molecular complexity index is 522. The highest BCUT2D eigenvalue weighted by molar-refractivity contribution is 5.19. The zero-order chi connectivity index (χ0) is 16.0. The van der Waals surface area contributed by atoms with E-state index >= 15 is 0 Å². The van der Waals surface area contributed by atoms with Crippen molar-refractivity contribution in [2.24, 2.45) is 0 Å². The highest BCUT2D eigenvalue weighted by Crippen LogP contribution is 2.38. The predicted molar refractivity (Wildman–Crippen MR) is 95.1 cm³/mol. The Kier molecular flexibility index (Phi) is 6.02. The molecule has 0 saturated carbocycles. The molecule has 1 aromatic carbocycles. The standard InChI is InChI=1S/C21H30O/c1-17(13-15-19-11-6-5-7-12-19)9-8-10-18(2)14-16-20-21(3,4)22-20/h5-7,10-13,20H,8-9,14-16H2,1-4H3/b17-13+,18-10+. The highest BCUT2D eigenvalue weighted by atomic mass is 16.6. The number of allylic oxidation sites excluding steroid dienone is 4. The molecule has 0 aliphatic carbocycles. The van der Waals surface area contributed by atoms with Crippen LogP contribution in [0, 0.1) is 0 Å². The Balaban J connectivity index is 1.65. The third kappa shape index (κ3) is 5.81. The molecule has 1 nitrogen and oxygen atoms in total. The summed E-state index contributed by atoms with van der Waals surface area (Å²) in [5, 5.41) is 0. The van der Waals surface area contributed by atoms with Crippen molar-refractivity contribution in [3.05, 3.63) is 59.2 Å². The second kappa shape index (κ2) is 7.78. The maximum Gasteiger partial charge on any atom is 0.0892 e. The summed E-state index contributed by atoms with van der Waals surface area (Å²) in [5.74, 6) is 0. The molecule has 1 atom stereocenters. The van der Waals surface area contributed by atoms with Crippen molar-refractivity contribution in [3.63, 3.8) is 0 Å². The van der Waals surface area contributed by atoms with Gasteiger partial charge in [-0.2, -0.15) is 0 Å². The molecule has 22 heavy (non-hydrogen) atoms. The van der Waals surface area contributed by atoms with Crippen molar-refractivity contribution in [2.75, 3.05) is 0 Å². The van der Waals surface area contributed by atoms with E-state index in [0.29, 0.717) is 6.10 Å². The van der Waals surface area contributed by atoms with Crippen molar-refractivity contribution in [2.45, 2.75) is 71.5 Å². The van der Waals surface area contributed by atoms with Gasteiger partial charge in [0.05, 0.1) is 11.7 Å². The fourth-order valence-corrected chi connectivity index (χ4v) is 2.75. The first-order valence-electron chi connectivity index (χ1n) is 8.50. The second-order valence-electron chi connectivity index (χ2n) is 7.08. The average molecular weight is 298 g/mol. The summed E-state index contributed by atoms with van der Waals surface area (Å²) in [7, 11) is 0. The van der Waals surface area contributed by atoms with Gasteiger partial charge in [0.15, 0.2) is 0 Å². The summed E-state index contributed by atoms with van der Waals surface area (Å²) < 4.78 is 5.64. The lowest BCUT2D eigenvalue weighted by Gasteiger charge is -2.03. The molecule has 0 aromatic heterocycles. The topological polar surface area (TPSA) is 12.5 Å². The Morgan fingerprint density at radius 3 is 2.32 bits per heavy atom. The van der Waals surface area contributed by atoms with Crippen LogP contribution in [0.25, 0.3) is 0 Å². The van der Waals surface area contributed by atoms with Crippen molar-refractivity contribution in [1.82, 2.24) is 0 Å². The van der Waals surface area contributed by atoms with Crippen LogP contribution in [-0.2, 0) is 11.2 Å². The highest BCUT2D eigenvalue weighted by Gasteiger charge is 2.46. The molecule has 1 fully saturated rings. The molecule has 0 amide bonds. The van der Waals surface area contributed by atoms with E-state index in [2.05, 4.69) is 70.2 Å². The first kappa shape index (κ1) is 17.0. The average Bonchev–Trinajstić information content (AvgIpc) is 3.11. The fraction of sp³-hybridized carbons (Fsp3) is 0.524. The van der Waals surface area contributed by atoms with E-state index in [4.69, 9.17) is 4.74 Å². The van der Waals surface area contributed by atoms with Crippen molar-refractivity contribution in [1.29, 1.82) is 0 Å². The lowest BCUT2D eigenvalue weighted by molar-refractivity contribution is 0.320. The molecule has 0 N–H and O–H groups in total. The van der Waals surface area contributed by atoms with Crippen LogP contribution in [0.2, 0.25) is 0 Å². The van der Waals surface area contributed by atoms with Crippen LogP contribution in [0.3, 0.4) is 0 Å². The van der Waals surface area contributed by atoms with Gasteiger partial charge >= 0.3 is 0 Å². The number of benzene rings is 1.